The Bertz CT molecular complexity index is 2010. The van der Waals surface area contributed by atoms with Crippen molar-refractivity contribution in [1.29, 1.82) is 0 Å². The molecule has 276 valence electrons. The van der Waals surface area contributed by atoms with Crippen LogP contribution in [0.2, 0.25) is 0 Å². The molecule has 1 saturated heterocycles. The zero-order chi connectivity index (χ0) is 37.3. The van der Waals surface area contributed by atoms with E-state index in [2.05, 4.69) is 31.6 Å². The molecular formula is C39H43N7O7. The van der Waals surface area contributed by atoms with Crippen molar-refractivity contribution in [3.05, 3.63) is 84.1 Å². The molecule has 0 aliphatic carbocycles. The molecule has 2 unspecified atom stereocenters. The van der Waals surface area contributed by atoms with Crippen LogP contribution in [0.4, 0.5) is 21.9 Å². The van der Waals surface area contributed by atoms with Crippen LogP contribution in [0.15, 0.2) is 72.9 Å². The number of piperidine rings is 1. The Hall–Kier alpha value is -6.18. The maximum atomic E-state index is 12.9. The number of hydrogen-bond donors (Lipinski definition) is 6. The number of carbonyl (C=O) groups is 6. The molecule has 0 radical (unpaired) electrons. The number of carbonyl (C=O) groups excluding carboxylic acids is 6. The number of benzene rings is 3. The number of aromatic nitrogens is 1. The lowest BCUT2D eigenvalue weighted by Gasteiger charge is -2.29. The summed E-state index contributed by atoms with van der Waals surface area (Å²) in [5.41, 5.74) is 4.10. The van der Waals surface area contributed by atoms with Gasteiger partial charge in [0.1, 0.15) is 11.8 Å². The average Bonchev–Trinajstić information content (AvgIpc) is 3.73. The van der Waals surface area contributed by atoms with Gasteiger partial charge in [0, 0.05) is 71.6 Å². The summed E-state index contributed by atoms with van der Waals surface area (Å²) in [5.74, 6) is -1.28. The van der Waals surface area contributed by atoms with Crippen molar-refractivity contribution in [2.24, 2.45) is 5.92 Å². The Morgan fingerprint density at radius 3 is 2.40 bits per heavy atom. The molecule has 2 atom stereocenters. The predicted octanol–water partition coefficient (Wildman–Crippen LogP) is 5.29. The maximum absolute atomic E-state index is 12.9. The summed E-state index contributed by atoms with van der Waals surface area (Å²) < 4.78 is 5.91. The van der Waals surface area contributed by atoms with Gasteiger partial charge in [-0.05, 0) is 91.6 Å². The Morgan fingerprint density at radius 2 is 1.60 bits per heavy atom. The summed E-state index contributed by atoms with van der Waals surface area (Å²) in [6.07, 6.45) is 5.82. The molecule has 4 aromatic rings. The maximum Gasteiger partial charge on any atom is 0.323 e. The molecule has 1 fully saturated rings. The van der Waals surface area contributed by atoms with Gasteiger partial charge in [0.05, 0.1) is 6.61 Å². The van der Waals surface area contributed by atoms with Crippen LogP contribution < -0.4 is 31.3 Å². The molecule has 6 rings (SSSR count). The van der Waals surface area contributed by atoms with Crippen LogP contribution in [0, 0.1) is 5.92 Å². The Labute approximate surface area is 306 Å². The van der Waals surface area contributed by atoms with Crippen LogP contribution in [0.3, 0.4) is 0 Å². The summed E-state index contributed by atoms with van der Waals surface area (Å²) in [6.45, 7) is 3.03. The zero-order valence-corrected chi connectivity index (χ0v) is 29.5. The van der Waals surface area contributed by atoms with Gasteiger partial charge in [-0.15, -0.1) is 0 Å². The van der Waals surface area contributed by atoms with Crippen LogP contribution in [-0.2, 0) is 25.7 Å². The van der Waals surface area contributed by atoms with E-state index in [9.17, 15) is 28.8 Å². The lowest BCUT2D eigenvalue weighted by molar-refractivity contribution is -0.137. The van der Waals surface area contributed by atoms with Crippen LogP contribution in [0.1, 0.15) is 67.8 Å². The molecule has 0 saturated carbocycles. The van der Waals surface area contributed by atoms with E-state index in [0.29, 0.717) is 54.5 Å². The lowest BCUT2D eigenvalue weighted by atomic mass is 10.0. The second kappa shape index (κ2) is 16.9. The summed E-state index contributed by atoms with van der Waals surface area (Å²) >= 11 is 0. The number of anilines is 3. The molecule has 2 aliphatic heterocycles. The van der Waals surface area contributed by atoms with Gasteiger partial charge in [0.2, 0.25) is 23.6 Å². The van der Waals surface area contributed by atoms with Gasteiger partial charge in [0.25, 0.3) is 5.91 Å². The SMILES string of the molecule is CC(CC(=O)Nc1ccc(NC(=O)Nc2ccc3[nH]ccc3c2)cc1)C(=O)NCCCCCCOc1ccc2c(c1)CN(C1CCC(=O)NC1=O)C2=O. The number of hydrogen-bond acceptors (Lipinski definition) is 7. The van der Waals surface area contributed by atoms with Gasteiger partial charge in [-0.25, -0.2) is 4.79 Å². The first-order chi connectivity index (χ1) is 25.6. The number of amides is 7. The zero-order valence-electron chi connectivity index (χ0n) is 29.5. The van der Waals surface area contributed by atoms with Crippen molar-refractivity contribution in [3.8, 4) is 5.75 Å². The molecule has 6 N–H and O–H groups in total. The third kappa shape index (κ3) is 9.58. The topological polar surface area (TPSA) is 191 Å². The normalized spacial score (nSPS) is 15.8. The fourth-order valence-electron chi connectivity index (χ4n) is 6.44. The fraction of sp³-hybridized carbons (Fsp3) is 0.333. The van der Waals surface area contributed by atoms with Crippen molar-refractivity contribution in [2.75, 3.05) is 29.1 Å². The van der Waals surface area contributed by atoms with E-state index in [1.165, 1.54) is 4.90 Å². The smallest absolute Gasteiger partial charge is 0.323 e. The summed E-state index contributed by atoms with van der Waals surface area (Å²) in [5, 5.41) is 14.6. The average molecular weight is 722 g/mol. The number of aromatic amines is 1. The highest BCUT2D eigenvalue weighted by Gasteiger charge is 2.39. The van der Waals surface area contributed by atoms with Crippen LogP contribution in [-0.4, -0.2) is 64.6 Å². The van der Waals surface area contributed by atoms with Crippen molar-refractivity contribution in [3.63, 3.8) is 0 Å². The number of fused-ring (bicyclic) bond motifs is 2. The third-order valence-corrected chi connectivity index (χ3v) is 9.31. The number of nitrogens with one attached hydrogen (secondary N) is 6. The van der Waals surface area contributed by atoms with Crippen LogP contribution in [0.25, 0.3) is 10.9 Å². The third-order valence-electron chi connectivity index (χ3n) is 9.31. The number of H-pyrrole nitrogens is 1. The molecule has 1 aromatic heterocycles. The molecule has 2 aliphatic rings. The van der Waals surface area contributed by atoms with E-state index in [1.54, 1.807) is 43.3 Å². The highest BCUT2D eigenvalue weighted by atomic mass is 16.5. The molecule has 3 heterocycles. The van der Waals surface area contributed by atoms with Gasteiger partial charge in [0.15, 0.2) is 0 Å². The highest BCUT2D eigenvalue weighted by Crippen LogP contribution is 2.30. The van der Waals surface area contributed by atoms with E-state index in [-0.39, 0.29) is 42.5 Å². The van der Waals surface area contributed by atoms with E-state index in [4.69, 9.17) is 4.74 Å². The van der Waals surface area contributed by atoms with Crippen molar-refractivity contribution >= 4 is 63.5 Å². The number of rotatable bonds is 15. The molecule has 14 heteroatoms. The predicted molar refractivity (Wildman–Crippen MR) is 199 cm³/mol. The second-order valence-corrected chi connectivity index (χ2v) is 13.4. The molecule has 53 heavy (non-hydrogen) atoms. The van der Waals surface area contributed by atoms with E-state index in [1.807, 2.05) is 36.5 Å². The number of imide groups is 1. The Morgan fingerprint density at radius 1 is 0.868 bits per heavy atom. The number of unbranched alkanes of at least 4 members (excludes halogenated alkanes) is 3. The van der Waals surface area contributed by atoms with Crippen molar-refractivity contribution < 1.29 is 33.5 Å². The first-order valence-electron chi connectivity index (χ1n) is 17.9. The Balaban J connectivity index is 0.816. The minimum absolute atomic E-state index is 0.0306. The largest absolute Gasteiger partial charge is 0.494 e. The standard InChI is InChI=1S/C39H43N7O7/c1-24(20-35(48)42-27-6-8-28(9-7-27)43-39(52)44-29-10-13-32-25(21-29)16-18-40-32)36(49)41-17-4-2-3-5-19-53-30-11-12-31-26(22-30)23-46(38(31)51)33-14-15-34(47)45-37(33)50/h6-13,16,18,21-22,24,33,40H,2-5,14-15,17,19-20,23H2,1H3,(H,41,49)(H,42,48)(H2,43,44,52)(H,45,47,50). The van der Waals surface area contributed by atoms with E-state index >= 15 is 0 Å². The number of urea groups is 1. The monoisotopic (exact) mass is 721 g/mol. The molecule has 0 bridgehead atoms. The first-order valence-corrected chi connectivity index (χ1v) is 17.9. The van der Waals surface area contributed by atoms with E-state index in [0.717, 1.165) is 42.1 Å². The summed E-state index contributed by atoms with van der Waals surface area (Å²) in [7, 11) is 0. The molecular weight excluding hydrogens is 678 g/mol. The number of ether oxygens (including phenoxy) is 1. The lowest BCUT2D eigenvalue weighted by Crippen LogP contribution is -2.52. The summed E-state index contributed by atoms with van der Waals surface area (Å²) in [4.78, 5) is 78.8. The van der Waals surface area contributed by atoms with Gasteiger partial charge in [-0.3, -0.25) is 29.3 Å². The second-order valence-electron chi connectivity index (χ2n) is 13.4. The van der Waals surface area contributed by atoms with Crippen molar-refractivity contribution in [2.45, 2.75) is 64.5 Å². The molecule has 0 spiro atoms. The van der Waals surface area contributed by atoms with Gasteiger partial charge < -0.3 is 35.9 Å². The molecule has 7 amide bonds. The van der Waals surface area contributed by atoms with Crippen molar-refractivity contribution in [1.82, 2.24) is 20.5 Å². The van der Waals surface area contributed by atoms with Gasteiger partial charge in [-0.2, -0.15) is 0 Å². The summed E-state index contributed by atoms with van der Waals surface area (Å²) in [6, 6.07) is 18.5. The fourth-order valence-corrected chi connectivity index (χ4v) is 6.44. The first kappa shape index (κ1) is 36.6. The quantitative estimate of drug-likeness (QED) is 0.0710. The molecule has 3 aromatic carbocycles. The van der Waals surface area contributed by atoms with E-state index < -0.39 is 17.9 Å². The minimum atomic E-state index is -0.649. The minimum Gasteiger partial charge on any atom is -0.494 e. The number of nitrogens with zero attached hydrogens (tertiary/aromatic N) is 1. The van der Waals surface area contributed by atoms with Crippen LogP contribution in [0.5, 0.6) is 5.75 Å². The van der Waals surface area contributed by atoms with Gasteiger partial charge >= 0.3 is 6.03 Å². The van der Waals surface area contributed by atoms with Gasteiger partial charge in [-0.1, -0.05) is 19.8 Å². The highest BCUT2D eigenvalue weighted by molar-refractivity contribution is 6.05. The van der Waals surface area contributed by atoms with Crippen LogP contribution >= 0.6 is 0 Å². The molecule has 14 nitrogen and oxygen atoms in total. The Kier molecular flexibility index (Phi) is 11.7.